The van der Waals surface area contributed by atoms with Crippen LogP contribution < -0.4 is 0 Å². The molecule has 4 fully saturated rings. The second-order valence-electron chi connectivity index (χ2n) is 9.88. The Morgan fingerprint density at radius 3 is 1.79 bits per heavy atom. The Hall–Kier alpha value is -2.17. The van der Waals surface area contributed by atoms with Crippen LogP contribution in [0.1, 0.15) is 32.1 Å². The zero-order valence-corrected chi connectivity index (χ0v) is 21.5. The Morgan fingerprint density at radius 2 is 1.31 bits per heavy atom. The van der Waals surface area contributed by atoms with Gasteiger partial charge in [0.05, 0.1) is 6.10 Å². The van der Waals surface area contributed by atoms with E-state index in [1.165, 1.54) is 19.4 Å². The molecule has 0 aromatic carbocycles. The van der Waals surface area contributed by atoms with Crippen molar-refractivity contribution in [1.29, 1.82) is 0 Å². The van der Waals surface area contributed by atoms with Gasteiger partial charge in [0.15, 0.2) is 0 Å². The highest BCUT2D eigenvalue weighted by Gasteiger charge is 2.43. The number of amides is 1. The number of aliphatic carboxylic acids is 2. The number of rotatable bonds is 3. The number of alkyl halides is 6. The van der Waals surface area contributed by atoms with E-state index in [0.29, 0.717) is 6.04 Å². The molecule has 4 heterocycles. The number of likely N-dealkylation sites (N-methyl/N-ethyl adjacent to an activating group) is 1. The topological polar surface area (TPSA) is 120 Å². The minimum absolute atomic E-state index is 0.201. The molecule has 1 amide bonds. The molecule has 4 aliphatic rings. The molecule has 3 atom stereocenters. The summed E-state index contributed by atoms with van der Waals surface area (Å²) in [6.45, 7) is 7.80. The third-order valence-electron chi connectivity index (χ3n) is 7.07. The number of piperazine rings is 1. The second kappa shape index (κ2) is 14.5. The van der Waals surface area contributed by atoms with Gasteiger partial charge >= 0.3 is 24.3 Å². The Bertz CT molecular complexity index is 791. The molecule has 4 aliphatic heterocycles. The molecule has 0 aromatic heterocycles. The highest BCUT2D eigenvalue weighted by atomic mass is 19.4. The summed E-state index contributed by atoms with van der Waals surface area (Å²) < 4.78 is 75.3. The van der Waals surface area contributed by atoms with Crippen LogP contribution in [0.3, 0.4) is 0 Å². The molecule has 4 saturated heterocycles. The van der Waals surface area contributed by atoms with Crippen molar-refractivity contribution in [2.75, 3.05) is 59.5 Å². The number of carboxylic acids is 2. The van der Waals surface area contributed by atoms with E-state index in [-0.39, 0.29) is 18.1 Å². The van der Waals surface area contributed by atoms with Crippen LogP contribution in [0.25, 0.3) is 0 Å². The zero-order valence-electron chi connectivity index (χ0n) is 21.5. The first-order valence-corrected chi connectivity index (χ1v) is 12.6. The van der Waals surface area contributed by atoms with Crippen LogP contribution >= 0.6 is 0 Å². The van der Waals surface area contributed by atoms with Crippen molar-refractivity contribution >= 4 is 17.8 Å². The molecule has 10 nitrogen and oxygen atoms in total. The lowest BCUT2D eigenvalue weighted by atomic mass is 9.96. The number of carboxylic acid groups (broad SMARTS) is 2. The summed E-state index contributed by atoms with van der Waals surface area (Å²) in [6.07, 6.45) is -4.64. The number of carbonyl (C=O) groups excluding carboxylic acids is 1. The van der Waals surface area contributed by atoms with Gasteiger partial charge in [0, 0.05) is 58.5 Å². The zero-order chi connectivity index (χ0) is 29.4. The quantitative estimate of drug-likeness (QED) is 0.485. The predicted octanol–water partition coefficient (Wildman–Crippen LogP) is 2.08. The van der Waals surface area contributed by atoms with E-state index >= 15 is 0 Å². The smallest absolute Gasteiger partial charge is 0.475 e. The molecule has 0 bridgehead atoms. The van der Waals surface area contributed by atoms with Gasteiger partial charge in [-0.3, -0.25) is 9.69 Å². The van der Waals surface area contributed by atoms with Gasteiger partial charge in [-0.15, -0.1) is 0 Å². The predicted molar refractivity (Wildman–Crippen MR) is 123 cm³/mol. The highest BCUT2D eigenvalue weighted by molar-refractivity contribution is 5.81. The lowest BCUT2D eigenvalue weighted by Gasteiger charge is -2.40. The van der Waals surface area contributed by atoms with E-state index in [4.69, 9.17) is 29.3 Å². The van der Waals surface area contributed by atoms with Crippen LogP contribution in [0, 0.1) is 5.92 Å². The van der Waals surface area contributed by atoms with Crippen LogP contribution in [-0.4, -0.2) is 133 Å². The number of ether oxygens (including phenoxy) is 2. The van der Waals surface area contributed by atoms with Crippen LogP contribution in [-0.2, 0) is 23.9 Å². The molecule has 4 rings (SSSR count). The lowest BCUT2D eigenvalue weighted by molar-refractivity contribution is -0.193. The van der Waals surface area contributed by atoms with Gasteiger partial charge in [0.25, 0.3) is 5.91 Å². The Balaban J connectivity index is 0.000000317. The standard InChI is InChI=1S/C19H33N3O3.2C2HF3O2/c1-20-8-10-21(11-9-20)19(23)18-3-2-16-17(25-18)4-7-22(16)14-15-5-12-24-13-6-15;2*3-2(4,5)1(6)7/h15-18H,2-14H2,1H3;2*(H,6,7)/t16-,17-,18+;;/m1../s1. The summed E-state index contributed by atoms with van der Waals surface area (Å²) in [5.74, 6) is -4.51. The molecule has 0 radical (unpaired) electrons. The van der Waals surface area contributed by atoms with Gasteiger partial charge < -0.3 is 29.5 Å². The fourth-order valence-corrected chi connectivity index (χ4v) is 4.91. The molecule has 0 aliphatic carbocycles. The van der Waals surface area contributed by atoms with E-state index in [9.17, 15) is 31.1 Å². The largest absolute Gasteiger partial charge is 0.490 e. The van der Waals surface area contributed by atoms with Gasteiger partial charge in [-0.1, -0.05) is 0 Å². The van der Waals surface area contributed by atoms with Gasteiger partial charge in [0.1, 0.15) is 6.10 Å². The van der Waals surface area contributed by atoms with E-state index in [2.05, 4.69) is 16.8 Å². The maximum atomic E-state index is 12.8. The summed E-state index contributed by atoms with van der Waals surface area (Å²) in [7, 11) is 2.12. The lowest BCUT2D eigenvalue weighted by Crippen LogP contribution is -2.53. The summed E-state index contributed by atoms with van der Waals surface area (Å²) in [6, 6.07) is 0.527. The molecule has 0 spiro atoms. The van der Waals surface area contributed by atoms with Crippen molar-refractivity contribution in [1.82, 2.24) is 14.7 Å². The normalized spacial score (nSPS) is 26.9. The first kappa shape index (κ1) is 33.0. The van der Waals surface area contributed by atoms with E-state index in [1.807, 2.05) is 4.90 Å². The second-order valence-corrected chi connectivity index (χ2v) is 9.88. The number of likely N-dealkylation sites (tertiary alicyclic amines) is 1. The number of halogens is 6. The van der Waals surface area contributed by atoms with Crippen molar-refractivity contribution in [3.8, 4) is 0 Å². The highest BCUT2D eigenvalue weighted by Crippen LogP contribution is 2.33. The van der Waals surface area contributed by atoms with E-state index in [1.54, 1.807) is 0 Å². The molecule has 0 aromatic rings. The monoisotopic (exact) mass is 579 g/mol. The Kier molecular flexibility index (Phi) is 12.2. The summed E-state index contributed by atoms with van der Waals surface area (Å²) in [5.41, 5.74) is 0. The first-order chi connectivity index (χ1) is 18.1. The maximum Gasteiger partial charge on any atom is 0.490 e. The van der Waals surface area contributed by atoms with Crippen molar-refractivity contribution < 1.29 is 60.4 Å². The van der Waals surface area contributed by atoms with Gasteiger partial charge in [0.2, 0.25) is 0 Å². The molecule has 16 heteroatoms. The molecule has 39 heavy (non-hydrogen) atoms. The van der Waals surface area contributed by atoms with Crippen LogP contribution in [0.4, 0.5) is 26.3 Å². The molecular weight excluding hydrogens is 544 g/mol. The van der Waals surface area contributed by atoms with Crippen LogP contribution in [0.2, 0.25) is 0 Å². The molecule has 2 N–H and O–H groups in total. The van der Waals surface area contributed by atoms with Gasteiger partial charge in [-0.05, 0) is 45.1 Å². The Morgan fingerprint density at radius 1 is 0.795 bits per heavy atom. The van der Waals surface area contributed by atoms with Crippen LogP contribution in [0.15, 0.2) is 0 Å². The molecule has 0 saturated carbocycles. The molecular formula is C23H35F6N3O7. The average Bonchev–Trinajstić information content (AvgIpc) is 3.26. The Labute approximate surface area is 221 Å². The number of nitrogens with zero attached hydrogens (tertiary/aromatic N) is 3. The minimum atomic E-state index is -5.08. The molecule has 0 unspecified atom stereocenters. The third-order valence-corrected chi connectivity index (χ3v) is 7.07. The number of carbonyl (C=O) groups is 3. The van der Waals surface area contributed by atoms with E-state index < -0.39 is 24.3 Å². The summed E-state index contributed by atoms with van der Waals surface area (Å²) in [4.78, 5) is 37.5. The van der Waals surface area contributed by atoms with Crippen LogP contribution in [0.5, 0.6) is 0 Å². The number of hydrogen-bond donors (Lipinski definition) is 2. The SMILES string of the molecule is CN1CCN(C(=O)[C@@H]2CC[C@@H]3[C@@H](CCN3CC3CCOCC3)O2)CC1.O=C(O)C(F)(F)F.O=C(O)C(F)(F)F. The summed E-state index contributed by atoms with van der Waals surface area (Å²) >= 11 is 0. The third kappa shape index (κ3) is 10.7. The summed E-state index contributed by atoms with van der Waals surface area (Å²) in [5, 5.41) is 14.2. The van der Waals surface area contributed by atoms with Gasteiger partial charge in [-0.2, -0.15) is 26.3 Å². The fourth-order valence-electron chi connectivity index (χ4n) is 4.91. The van der Waals surface area contributed by atoms with Gasteiger partial charge in [-0.25, -0.2) is 9.59 Å². The minimum Gasteiger partial charge on any atom is -0.475 e. The average molecular weight is 580 g/mol. The first-order valence-electron chi connectivity index (χ1n) is 12.6. The van der Waals surface area contributed by atoms with Crippen molar-refractivity contribution in [2.24, 2.45) is 5.92 Å². The number of hydrogen-bond acceptors (Lipinski definition) is 7. The van der Waals surface area contributed by atoms with E-state index in [0.717, 1.165) is 71.1 Å². The number of fused-ring (bicyclic) bond motifs is 1. The molecule has 226 valence electrons. The fraction of sp³-hybridized carbons (Fsp3) is 0.870. The van der Waals surface area contributed by atoms with Crippen molar-refractivity contribution in [2.45, 2.75) is 62.7 Å². The van der Waals surface area contributed by atoms with Crippen molar-refractivity contribution in [3.05, 3.63) is 0 Å². The van der Waals surface area contributed by atoms with Crippen molar-refractivity contribution in [3.63, 3.8) is 0 Å². The maximum absolute atomic E-state index is 12.8.